The fraction of sp³-hybridized carbons (Fsp3) is 0.571. The number of piperazine rings is 1. The molecule has 1 saturated carbocycles. The van der Waals surface area contributed by atoms with E-state index in [0.717, 1.165) is 53.8 Å². The molecule has 1 aliphatic carbocycles. The average Bonchev–Trinajstić information content (AvgIpc) is 3.13. The lowest BCUT2D eigenvalue weighted by Crippen LogP contribution is -2.51. The van der Waals surface area contributed by atoms with E-state index in [1.807, 2.05) is 12.1 Å². The lowest BCUT2D eigenvalue weighted by Gasteiger charge is -2.43. The lowest BCUT2D eigenvalue weighted by atomic mass is 9.75. The minimum atomic E-state index is 0.544. The summed E-state index contributed by atoms with van der Waals surface area (Å²) < 4.78 is 6.66. The first-order valence-corrected chi connectivity index (χ1v) is 10.5. The second-order valence-corrected chi connectivity index (χ2v) is 9.39. The fourth-order valence-electron chi connectivity index (χ4n) is 4.23. The molecule has 1 saturated heterocycles. The molecule has 0 N–H and O–H groups in total. The zero-order chi connectivity index (χ0) is 18.1. The monoisotopic (exact) mass is 417 g/mol. The largest absolute Gasteiger partial charge is 0.354 e. The van der Waals surface area contributed by atoms with Gasteiger partial charge in [0, 0.05) is 48.3 Å². The van der Waals surface area contributed by atoms with Gasteiger partial charge in [-0.3, -0.25) is 4.90 Å². The second-order valence-electron chi connectivity index (χ2n) is 8.47. The highest BCUT2D eigenvalue weighted by Crippen LogP contribution is 2.37. The van der Waals surface area contributed by atoms with Crippen molar-refractivity contribution < 1.29 is 4.52 Å². The summed E-state index contributed by atoms with van der Waals surface area (Å²) in [5, 5.41) is 4.32. The van der Waals surface area contributed by atoms with Crippen LogP contribution in [0.25, 0.3) is 11.3 Å². The molecule has 0 amide bonds. The van der Waals surface area contributed by atoms with Gasteiger partial charge in [0.1, 0.15) is 0 Å². The highest BCUT2D eigenvalue weighted by Gasteiger charge is 2.32. The molecule has 0 spiro atoms. The van der Waals surface area contributed by atoms with E-state index < -0.39 is 0 Å². The first-order chi connectivity index (χ1) is 12.5. The van der Waals surface area contributed by atoms with E-state index >= 15 is 0 Å². The van der Waals surface area contributed by atoms with Crippen molar-refractivity contribution in [2.24, 2.45) is 5.41 Å². The molecule has 0 atom stereocenters. The topological polar surface area (TPSA) is 32.5 Å². The molecule has 0 radical (unpaired) electrons. The number of halogens is 1. The maximum atomic E-state index is 5.59. The van der Waals surface area contributed by atoms with E-state index in [2.05, 4.69) is 62.9 Å². The number of aromatic nitrogens is 1. The van der Waals surface area contributed by atoms with Crippen LogP contribution in [0.5, 0.6) is 0 Å². The van der Waals surface area contributed by atoms with Crippen molar-refractivity contribution in [3.8, 4) is 11.3 Å². The van der Waals surface area contributed by atoms with Gasteiger partial charge in [-0.15, -0.1) is 0 Å². The molecule has 0 unspecified atom stereocenters. The molecule has 2 aliphatic rings. The van der Waals surface area contributed by atoms with E-state index in [4.69, 9.17) is 4.52 Å². The van der Waals surface area contributed by atoms with Crippen LogP contribution >= 0.6 is 15.9 Å². The van der Waals surface area contributed by atoms with E-state index in [0.29, 0.717) is 5.41 Å². The summed E-state index contributed by atoms with van der Waals surface area (Å²) in [4.78, 5) is 5.05. The van der Waals surface area contributed by atoms with Crippen molar-refractivity contribution in [1.82, 2.24) is 10.1 Å². The smallest absolute Gasteiger partial charge is 0.172 e. The number of hydrogen-bond acceptors (Lipinski definition) is 4. The Labute approximate surface area is 164 Å². The Morgan fingerprint density at radius 2 is 1.69 bits per heavy atom. The summed E-state index contributed by atoms with van der Waals surface area (Å²) in [7, 11) is 0. The van der Waals surface area contributed by atoms with E-state index in [9.17, 15) is 0 Å². The van der Waals surface area contributed by atoms with Gasteiger partial charge < -0.3 is 9.42 Å². The van der Waals surface area contributed by atoms with Crippen molar-refractivity contribution >= 4 is 21.7 Å². The van der Waals surface area contributed by atoms with Crippen LogP contribution in [-0.2, 0) is 0 Å². The second kappa shape index (κ2) is 7.35. The van der Waals surface area contributed by atoms with Crippen LogP contribution < -0.4 is 4.90 Å². The maximum absolute atomic E-state index is 5.59. The third kappa shape index (κ3) is 3.99. The summed E-state index contributed by atoms with van der Waals surface area (Å²) in [6.45, 7) is 9.15. The van der Waals surface area contributed by atoms with Gasteiger partial charge in [-0.2, -0.15) is 0 Å². The van der Waals surface area contributed by atoms with Gasteiger partial charge in [0.25, 0.3) is 0 Å². The summed E-state index contributed by atoms with van der Waals surface area (Å²) in [5.74, 6) is 1.80. The number of anilines is 1. The predicted octanol–water partition coefficient (Wildman–Crippen LogP) is 5.19. The molecule has 140 valence electrons. The Morgan fingerprint density at radius 1 is 1.04 bits per heavy atom. The Kier molecular flexibility index (Phi) is 5.11. The summed E-state index contributed by atoms with van der Waals surface area (Å²) in [6.07, 6.45) is 5.42. The summed E-state index contributed by atoms with van der Waals surface area (Å²) >= 11 is 3.47. The minimum absolute atomic E-state index is 0.544. The Balaban J connectivity index is 1.34. The molecule has 1 aliphatic heterocycles. The van der Waals surface area contributed by atoms with E-state index in [1.54, 1.807) is 0 Å². The predicted molar refractivity (Wildman–Crippen MR) is 109 cm³/mol. The van der Waals surface area contributed by atoms with Crippen LogP contribution in [0.4, 0.5) is 5.82 Å². The van der Waals surface area contributed by atoms with Crippen LogP contribution in [0.1, 0.15) is 39.5 Å². The highest BCUT2D eigenvalue weighted by molar-refractivity contribution is 9.10. The quantitative estimate of drug-likeness (QED) is 0.687. The lowest BCUT2D eigenvalue weighted by molar-refractivity contribution is 0.102. The van der Waals surface area contributed by atoms with Gasteiger partial charge in [-0.25, -0.2) is 0 Å². The fourth-order valence-corrected chi connectivity index (χ4v) is 4.49. The third-order valence-corrected chi connectivity index (χ3v) is 6.62. The Bertz CT molecular complexity index is 722. The Morgan fingerprint density at radius 3 is 2.35 bits per heavy atom. The first-order valence-electron chi connectivity index (χ1n) is 9.72. The number of benzene rings is 1. The van der Waals surface area contributed by atoms with Crippen LogP contribution in [0.2, 0.25) is 0 Å². The molecule has 4 rings (SSSR count). The van der Waals surface area contributed by atoms with Gasteiger partial charge in [-0.1, -0.05) is 47.1 Å². The normalized spacial score (nSPS) is 21.9. The van der Waals surface area contributed by atoms with Crippen LogP contribution in [0, 0.1) is 5.41 Å². The van der Waals surface area contributed by atoms with Crippen molar-refractivity contribution in [1.29, 1.82) is 0 Å². The van der Waals surface area contributed by atoms with Crippen LogP contribution in [0.3, 0.4) is 0 Å². The molecule has 1 aromatic heterocycles. The van der Waals surface area contributed by atoms with E-state index in [1.165, 1.54) is 25.7 Å². The molecule has 0 bridgehead atoms. The molecule has 2 aromatic rings. The number of nitrogens with zero attached hydrogens (tertiary/aromatic N) is 3. The van der Waals surface area contributed by atoms with Crippen LogP contribution in [-0.4, -0.2) is 42.3 Å². The maximum Gasteiger partial charge on any atom is 0.172 e. The number of hydrogen-bond donors (Lipinski definition) is 0. The van der Waals surface area contributed by atoms with Crippen molar-refractivity contribution in [2.75, 3.05) is 31.1 Å². The van der Waals surface area contributed by atoms with Gasteiger partial charge in [0.2, 0.25) is 0 Å². The number of rotatable bonds is 3. The van der Waals surface area contributed by atoms with Gasteiger partial charge in [0.05, 0.1) is 0 Å². The Hall–Kier alpha value is -1.33. The van der Waals surface area contributed by atoms with Crippen molar-refractivity contribution in [3.05, 3.63) is 34.8 Å². The SMILES string of the molecule is CC1(C)CCC(N2CCN(c3cc(-c4ccc(Br)cc4)on3)CC2)CC1. The molecule has 2 heterocycles. The molecular formula is C21H28BrN3O. The zero-order valence-electron chi connectivity index (χ0n) is 15.7. The van der Waals surface area contributed by atoms with Crippen molar-refractivity contribution in [3.63, 3.8) is 0 Å². The zero-order valence-corrected chi connectivity index (χ0v) is 17.3. The molecule has 5 heteroatoms. The standard InChI is InChI=1S/C21H28BrN3O/c1-21(2)9-7-18(8-10-21)24-11-13-25(14-12-24)20-15-19(26-23-20)16-3-5-17(22)6-4-16/h3-6,15,18H,7-14H2,1-2H3. The van der Waals surface area contributed by atoms with Crippen molar-refractivity contribution in [2.45, 2.75) is 45.6 Å². The van der Waals surface area contributed by atoms with E-state index in [-0.39, 0.29) is 0 Å². The summed E-state index contributed by atoms with van der Waals surface area (Å²) in [6, 6.07) is 11.0. The molecule has 4 nitrogen and oxygen atoms in total. The highest BCUT2D eigenvalue weighted by atomic mass is 79.9. The minimum Gasteiger partial charge on any atom is -0.354 e. The summed E-state index contributed by atoms with van der Waals surface area (Å²) in [5.41, 5.74) is 1.61. The molecular weight excluding hydrogens is 390 g/mol. The third-order valence-electron chi connectivity index (χ3n) is 6.09. The van der Waals surface area contributed by atoms with Gasteiger partial charge in [-0.05, 0) is 43.2 Å². The average molecular weight is 418 g/mol. The van der Waals surface area contributed by atoms with Gasteiger partial charge >= 0.3 is 0 Å². The van der Waals surface area contributed by atoms with Crippen LogP contribution in [0.15, 0.2) is 39.3 Å². The molecule has 2 fully saturated rings. The first kappa shape index (κ1) is 18.1. The molecule has 26 heavy (non-hydrogen) atoms. The molecule has 1 aromatic carbocycles. The van der Waals surface area contributed by atoms with Gasteiger partial charge in [0.15, 0.2) is 11.6 Å².